The molecule has 0 spiro atoms. The maximum Gasteiger partial charge on any atom is 0.469 e. The summed E-state index contributed by atoms with van der Waals surface area (Å²) < 4.78 is 26.5. The Morgan fingerprint density at radius 1 is 0.464 bits per heavy atom. The van der Waals surface area contributed by atoms with Crippen LogP contribution in [0.15, 0.2) is 36.5 Å². The minimum absolute atomic E-state index is 0.210. The van der Waals surface area contributed by atoms with Crippen LogP contribution in [0.3, 0.4) is 0 Å². The molecule has 0 radical (unpaired) electrons. The topological polar surface area (TPSA) is 119 Å². The fourth-order valence-corrected chi connectivity index (χ4v) is 6.99. The summed E-state index contributed by atoms with van der Waals surface area (Å²) in [6.45, 7) is 3.68. The number of esters is 2. The quantitative estimate of drug-likeness (QED) is 0.0270. The molecule has 0 amide bonds. The van der Waals surface area contributed by atoms with Gasteiger partial charge in [0.2, 0.25) is 0 Å². The molecular weight excluding hydrogens is 723 g/mol. The van der Waals surface area contributed by atoms with E-state index in [1.165, 1.54) is 141 Å². The second kappa shape index (κ2) is 42.9. The van der Waals surface area contributed by atoms with E-state index in [1.807, 2.05) is 0 Å². The summed E-state index contributed by atoms with van der Waals surface area (Å²) in [6, 6.07) is 0. The van der Waals surface area contributed by atoms with Crippen molar-refractivity contribution in [3.63, 3.8) is 0 Å². The molecule has 0 aliphatic heterocycles. The fraction of sp³-hybridized carbons (Fsp3) is 0.830. The molecule has 0 saturated heterocycles. The molecule has 0 aromatic carbocycles. The van der Waals surface area contributed by atoms with Crippen LogP contribution in [-0.2, 0) is 28.2 Å². The third-order valence-corrected chi connectivity index (χ3v) is 10.6. The minimum Gasteiger partial charge on any atom is -0.462 e. The third kappa shape index (κ3) is 45.0. The van der Waals surface area contributed by atoms with E-state index in [-0.39, 0.29) is 19.4 Å². The Morgan fingerprint density at radius 2 is 0.804 bits per heavy atom. The van der Waals surface area contributed by atoms with Crippen molar-refractivity contribution < 1.29 is 37.9 Å². The summed E-state index contributed by atoms with van der Waals surface area (Å²) in [6.07, 6.45) is 51.5. The van der Waals surface area contributed by atoms with Crippen molar-refractivity contribution >= 4 is 19.8 Å². The lowest BCUT2D eigenvalue weighted by atomic mass is 10.1. The van der Waals surface area contributed by atoms with Crippen LogP contribution in [0, 0.1) is 0 Å². The van der Waals surface area contributed by atoms with Gasteiger partial charge in [-0.1, -0.05) is 185 Å². The van der Waals surface area contributed by atoms with Gasteiger partial charge in [-0.2, -0.15) is 0 Å². The second-order valence-corrected chi connectivity index (χ2v) is 17.0. The van der Waals surface area contributed by atoms with Gasteiger partial charge >= 0.3 is 19.8 Å². The Labute approximate surface area is 344 Å². The minimum atomic E-state index is -4.76. The Bertz CT molecular complexity index is 1000. The molecule has 0 unspecified atom stereocenters. The smallest absolute Gasteiger partial charge is 0.462 e. The van der Waals surface area contributed by atoms with E-state index < -0.39 is 32.5 Å². The van der Waals surface area contributed by atoms with Gasteiger partial charge in [0, 0.05) is 12.8 Å². The zero-order valence-electron chi connectivity index (χ0n) is 36.3. The second-order valence-electron chi connectivity index (χ2n) is 15.7. The van der Waals surface area contributed by atoms with E-state index in [0.29, 0.717) is 6.42 Å². The molecule has 0 aromatic heterocycles. The van der Waals surface area contributed by atoms with Gasteiger partial charge in [0.25, 0.3) is 0 Å². The Balaban J connectivity index is 3.86. The number of phosphoric acid groups is 1. The molecule has 56 heavy (non-hydrogen) atoms. The van der Waals surface area contributed by atoms with Crippen LogP contribution < -0.4 is 0 Å². The summed E-state index contributed by atoms with van der Waals surface area (Å²) in [5, 5.41) is 0. The zero-order chi connectivity index (χ0) is 41.1. The Kier molecular flexibility index (Phi) is 41.5. The lowest BCUT2D eigenvalue weighted by Gasteiger charge is -2.18. The van der Waals surface area contributed by atoms with Gasteiger partial charge in [0.15, 0.2) is 6.10 Å². The molecule has 0 saturated carbocycles. The predicted molar refractivity (Wildman–Crippen MR) is 235 cm³/mol. The molecule has 0 fully saturated rings. The first-order valence-electron chi connectivity index (χ1n) is 23.3. The van der Waals surface area contributed by atoms with Crippen LogP contribution in [0.5, 0.6) is 0 Å². The summed E-state index contributed by atoms with van der Waals surface area (Å²) in [5.41, 5.74) is 0. The number of phosphoric ester groups is 1. The largest absolute Gasteiger partial charge is 0.469 e. The normalized spacial score (nSPS) is 12.7. The maximum atomic E-state index is 12.4. The van der Waals surface area contributed by atoms with Crippen LogP contribution in [0.1, 0.15) is 232 Å². The number of carbonyl (C=O) groups is 2. The van der Waals surface area contributed by atoms with Gasteiger partial charge in [-0.15, -0.1) is 0 Å². The van der Waals surface area contributed by atoms with Crippen LogP contribution >= 0.6 is 7.82 Å². The first-order valence-corrected chi connectivity index (χ1v) is 24.8. The Morgan fingerprint density at radius 3 is 1.23 bits per heavy atom. The molecule has 9 heteroatoms. The number of hydrogen-bond donors (Lipinski definition) is 2. The highest BCUT2D eigenvalue weighted by Gasteiger charge is 2.23. The number of allylic oxidation sites excluding steroid dienone is 6. The van der Waals surface area contributed by atoms with Gasteiger partial charge in [0.1, 0.15) is 6.61 Å². The predicted octanol–water partition coefficient (Wildman–Crippen LogP) is 14.5. The number of rotatable bonds is 43. The van der Waals surface area contributed by atoms with Crippen LogP contribution in [0.4, 0.5) is 0 Å². The highest BCUT2D eigenvalue weighted by atomic mass is 31.2. The first-order chi connectivity index (χ1) is 27.3. The van der Waals surface area contributed by atoms with Crippen LogP contribution in [0.25, 0.3) is 0 Å². The van der Waals surface area contributed by atoms with E-state index in [9.17, 15) is 14.2 Å². The van der Waals surface area contributed by atoms with Crippen molar-refractivity contribution in [1.29, 1.82) is 0 Å². The van der Waals surface area contributed by atoms with Gasteiger partial charge in [0.05, 0.1) is 6.61 Å². The third-order valence-electron chi connectivity index (χ3n) is 10.1. The van der Waals surface area contributed by atoms with E-state index in [2.05, 4.69) is 54.8 Å². The summed E-state index contributed by atoms with van der Waals surface area (Å²) in [4.78, 5) is 43.0. The summed E-state index contributed by atoms with van der Waals surface area (Å²) >= 11 is 0. The van der Waals surface area contributed by atoms with Crippen LogP contribution in [-0.4, -0.2) is 41.0 Å². The molecule has 0 aliphatic carbocycles. The molecule has 328 valence electrons. The maximum absolute atomic E-state index is 12.4. The first kappa shape index (κ1) is 54.3. The molecule has 0 aromatic rings. The standard InChI is InChI=1S/C47H87O8P/c1-3-5-7-9-11-13-15-17-19-21-23-25-27-29-31-33-35-37-39-41-46(48)53-43-45(44-54-56(50,51)52)55-47(49)42-40-38-36-34-32-30-28-26-24-22-20-18-16-14-12-10-8-6-4-2/h11,13,17-20,45H,3-10,12,14-16,21-44H2,1-2H3,(H2,50,51,52)/b13-11-,19-17-,20-18-/t45-/m1/s1. The number of ether oxygens (including phenoxy) is 2. The molecule has 2 N–H and O–H groups in total. The SMILES string of the molecule is CCCCC/C=C\C/C=C\CCCCCCCCCCCC(=O)OC[C@H](COP(=O)(O)O)OC(=O)CCCCCCCCCCC/C=C\CCCCCCCC. The lowest BCUT2D eigenvalue weighted by molar-refractivity contribution is -0.161. The zero-order valence-corrected chi connectivity index (χ0v) is 37.2. The number of hydrogen-bond acceptors (Lipinski definition) is 6. The van der Waals surface area contributed by atoms with Crippen molar-refractivity contribution in [3.05, 3.63) is 36.5 Å². The molecule has 8 nitrogen and oxygen atoms in total. The fourth-order valence-electron chi connectivity index (χ4n) is 6.63. The van der Waals surface area contributed by atoms with Crippen molar-refractivity contribution in [3.8, 4) is 0 Å². The van der Waals surface area contributed by atoms with Crippen molar-refractivity contribution in [1.82, 2.24) is 0 Å². The van der Waals surface area contributed by atoms with E-state index in [0.717, 1.165) is 57.8 Å². The lowest BCUT2D eigenvalue weighted by Crippen LogP contribution is -2.29. The summed E-state index contributed by atoms with van der Waals surface area (Å²) in [5.74, 6) is -0.885. The van der Waals surface area contributed by atoms with Gasteiger partial charge in [-0.05, 0) is 70.6 Å². The van der Waals surface area contributed by atoms with Gasteiger partial charge < -0.3 is 19.3 Å². The van der Waals surface area contributed by atoms with Crippen LogP contribution in [0.2, 0.25) is 0 Å². The highest BCUT2D eigenvalue weighted by Crippen LogP contribution is 2.36. The average Bonchev–Trinajstić information content (AvgIpc) is 3.17. The van der Waals surface area contributed by atoms with Gasteiger partial charge in [-0.25, -0.2) is 4.57 Å². The van der Waals surface area contributed by atoms with E-state index >= 15 is 0 Å². The number of carbonyl (C=O) groups excluding carboxylic acids is 2. The van der Waals surface area contributed by atoms with Crippen molar-refractivity contribution in [2.75, 3.05) is 13.2 Å². The van der Waals surface area contributed by atoms with Gasteiger partial charge in [-0.3, -0.25) is 14.1 Å². The van der Waals surface area contributed by atoms with E-state index in [1.54, 1.807) is 0 Å². The molecule has 1 atom stereocenters. The Hall–Kier alpha value is -1.73. The average molecular weight is 811 g/mol. The van der Waals surface area contributed by atoms with E-state index in [4.69, 9.17) is 19.3 Å². The molecular formula is C47H87O8P. The van der Waals surface area contributed by atoms with Crippen molar-refractivity contribution in [2.24, 2.45) is 0 Å². The molecule has 0 heterocycles. The molecule has 0 bridgehead atoms. The summed E-state index contributed by atoms with van der Waals surface area (Å²) in [7, 11) is -4.76. The van der Waals surface area contributed by atoms with Crippen molar-refractivity contribution in [2.45, 2.75) is 238 Å². The highest BCUT2D eigenvalue weighted by molar-refractivity contribution is 7.46. The monoisotopic (exact) mass is 811 g/mol. The number of unbranched alkanes of at least 4 members (excludes halogenated alkanes) is 27. The molecule has 0 aliphatic rings. The molecule has 0 rings (SSSR count).